The van der Waals surface area contributed by atoms with E-state index in [4.69, 9.17) is 11.6 Å². The minimum atomic E-state index is 0.780. The molecule has 1 N–H and O–H groups in total. The third-order valence-corrected chi connectivity index (χ3v) is 1.78. The number of rotatable bonds is 4. The van der Waals surface area contributed by atoms with E-state index in [1.165, 1.54) is 5.56 Å². The number of nitrogens with one attached hydrogen (secondary N) is 1. The normalized spacial score (nSPS) is 9.75. The van der Waals surface area contributed by atoms with Crippen LogP contribution in [0.4, 0.5) is 0 Å². The lowest BCUT2D eigenvalue weighted by molar-refractivity contribution is 0.760. The lowest BCUT2D eigenvalue weighted by Gasteiger charge is -2.01. The zero-order chi connectivity index (χ0) is 8.81. The topological polar surface area (TPSA) is 12.0 Å². The third kappa shape index (κ3) is 3.07. The van der Waals surface area contributed by atoms with Gasteiger partial charge < -0.3 is 5.32 Å². The molecule has 1 aromatic carbocycles. The molecule has 1 nitrogen and oxygen atoms in total. The molecular weight excluding hydrogens is 170 g/mol. The van der Waals surface area contributed by atoms with Crippen LogP contribution in [0.5, 0.6) is 0 Å². The summed E-state index contributed by atoms with van der Waals surface area (Å²) in [7, 11) is 0. The fourth-order valence-corrected chi connectivity index (χ4v) is 1.05. The van der Waals surface area contributed by atoms with Crippen molar-refractivity contribution in [3.8, 4) is 0 Å². The monoisotopic (exact) mass is 181 g/mol. The Morgan fingerprint density at radius 1 is 1.33 bits per heavy atom. The van der Waals surface area contributed by atoms with Gasteiger partial charge in [-0.1, -0.05) is 29.8 Å². The maximum absolute atomic E-state index is 5.74. The van der Waals surface area contributed by atoms with Crippen molar-refractivity contribution >= 4 is 11.6 Å². The fraction of sp³-hybridized carbons (Fsp3) is 0.200. The van der Waals surface area contributed by atoms with E-state index >= 15 is 0 Å². The van der Waals surface area contributed by atoms with Gasteiger partial charge in [0.05, 0.1) is 0 Å². The molecule has 1 rings (SSSR count). The van der Waals surface area contributed by atoms with Crippen molar-refractivity contribution in [3.05, 3.63) is 47.5 Å². The summed E-state index contributed by atoms with van der Waals surface area (Å²) >= 11 is 5.74. The predicted octanol–water partition coefficient (Wildman–Crippen LogP) is 2.62. The molecule has 0 atom stereocenters. The van der Waals surface area contributed by atoms with E-state index in [1.807, 2.05) is 30.3 Å². The first-order valence-corrected chi connectivity index (χ1v) is 4.27. The van der Waals surface area contributed by atoms with Gasteiger partial charge in [-0.15, -0.1) is 6.58 Å². The highest BCUT2D eigenvalue weighted by molar-refractivity contribution is 6.30. The molecule has 1 aromatic rings. The molecule has 0 fully saturated rings. The number of hydrogen-bond acceptors (Lipinski definition) is 1. The third-order valence-electron chi connectivity index (χ3n) is 1.53. The van der Waals surface area contributed by atoms with Crippen LogP contribution in [0.15, 0.2) is 36.9 Å². The van der Waals surface area contributed by atoms with Crippen LogP contribution in [-0.4, -0.2) is 6.54 Å². The first-order chi connectivity index (χ1) is 5.83. The Morgan fingerprint density at radius 2 is 2.00 bits per heavy atom. The Labute approximate surface area is 78.1 Å². The average molecular weight is 182 g/mol. The van der Waals surface area contributed by atoms with E-state index in [2.05, 4.69) is 11.9 Å². The molecule has 0 aromatic heterocycles. The maximum atomic E-state index is 5.74. The standard InChI is InChI=1S/C10H12ClN/c1-2-7-12-8-9-3-5-10(11)6-4-9/h2-6,12H,1,7-8H2. The summed E-state index contributed by atoms with van der Waals surface area (Å²) < 4.78 is 0. The van der Waals surface area contributed by atoms with E-state index in [-0.39, 0.29) is 0 Å². The first kappa shape index (κ1) is 9.30. The average Bonchev–Trinajstić information content (AvgIpc) is 2.09. The summed E-state index contributed by atoms with van der Waals surface area (Å²) in [4.78, 5) is 0. The largest absolute Gasteiger partial charge is 0.309 e. The minimum Gasteiger partial charge on any atom is -0.309 e. The molecular formula is C10H12ClN. The van der Waals surface area contributed by atoms with Gasteiger partial charge in [0, 0.05) is 18.1 Å². The highest BCUT2D eigenvalue weighted by atomic mass is 35.5. The Kier molecular flexibility index (Phi) is 3.85. The summed E-state index contributed by atoms with van der Waals surface area (Å²) in [5.74, 6) is 0. The van der Waals surface area contributed by atoms with Crippen molar-refractivity contribution in [2.24, 2.45) is 0 Å². The van der Waals surface area contributed by atoms with Crippen LogP contribution < -0.4 is 5.32 Å². The molecule has 64 valence electrons. The lowest BCUT2D eigenvalue weighted by atomic mass is 10.2. The predicted molar refractivity (Wildman–Crippen MR) is 53.4 cm³/mol. The van der Waals surface area contributed by atoms with Crippen LogP contribution >= 0.6 is 11.6 Å². The smallest absolute Gasteiger partial charge is 0.0406 e. The molecule has 0 aliphatic carbocycles. The van der Waals surface area contributed by atoms with Gasteiger partial charge in [-0.25, -0.2) is 0 Å². The van der Waals surface area contributed by atoms with Crippen LogP contribution in [-0.2, 0) is 6.54 Å². The van der Waals surface area contributed by atoms with Crippen molar-refractivity contribution in [2.45, 2.75) is 6.54 Å². The van der Waals surface area contributed by atoms with Gasteiger partial charge in [0.2, 0.25) is 0 Å². The van der Waals surface area contributed by atoms with Gasteiger partial charge in [0.1, 0.15) is 0 Å². The van der Waals surface area contributed by atoms with Gasteiger partial charge in [-0.2, -0.15) is 0 Å². The van der Waals surface area contributed by atoms with Crippen LogP contribution in [0.2, 0.25) is 5.02 Å². The molecule has 0 aliphatic heterocycles. The van der Waals surface area contributed by atoms with E-state index in [9.17, 15) is 0 Å². The molecule has 0 bridgehead atoms. The summed E-state index contributed by atoms with van der Waals surface area (Å²) in [6.07, 6.45) is 1.84. The van der Waals surface area contributed by atoms with Crippen LogP contribution in [0, 0.1) is 0 Å². The summed E-state index contributed by atoms with van der Waals surface area (Å²) in [6, 6.07) is 7.82. The Bertz CT molecular complexity index is 241. The quantitative estimate of drug-likeness (QED) is 0.556. The molecule has 0 amide bonds. The zero-order valence-corrected chi connectivity index (χ0v) is 7.64. The molecule has 0 saturated carbocycles. The van der Waals surface area contributed by atoms with Crippen molar-refractivity contribution in [2.75, 3.05) is 6.54 Å². The number of hydrogen-bond donors (Lipinski definition) is 1. The second-order valence-corrected chi connectivity index (χ2v) is 2.98. The molecule has 0 aliphatic rings. The van der Waals surface area contributed by atoms with E-state index < -0.39 is 0 Å². The Morgan fingerprint density at radius 3 is 2.58 bits per heavy atom. The summed E-state index contributed by atoms with van der Waals surface area (Å²) in [5, 5.41) is 3.99. The Balaban J connectivity index is 2.42. The van der Waals surface area contributed by atoms with Crippen molar-refractivity contribution in [1.29, 1.82) is 0 Å². The number of halogens is 1. The summed E-state index contributed by atoms with van der Waals surface area (Å²) in [5.41, 5.74) is 1.24. The zero-order valence-electron chi connectivity index (χ0n) is 6.89. The van der Waals surface area contributed by atoms with Crippen molar-refractivity contribution in [3.63, 3.8) is 0 Å². The van der Waals surface area contributed by atoms with E-state index in [0.717, 1.165) is 18.1 Å². The van der Waals surface area contributed by atoms with Gasteiger partial charge in [0.15, 0.2) is 0 Å². The summed E-state index contributed by atoms with van der Waals surface area (Å²) in [6.45, 7) is 5.32. The molecule has 0 unspecified atom stereocenters. The highest BCUT2D eigenvalue weighted by Crippen LogP contribution is 2.08. The molecule has 0 spiro atoms. The van der Waals surface area contributed by atoms with E-state index in [1.54, 1.807) is 0 Å². The first-order valence-electron chi connectivity index (χ1n) is 3.89. The molecule has 0 heterocycles. The molecule has 12 heavy (non-hydrogen) atoms. The van der Waals surface area contributed by atoms with Gasteiger partial charge in [-0.05, 0) is 17.7 Å². The fourth-order valence-electron chi connectivity index (χ4n) is 0.921. The molecule has 2 heteroatoms. The SMILES string of the molecule is C=CCNCc1ccc(Cl)cc1. The van der Waals surface area contributed by atoms with Crippen molar-refractivity contribution in [1.82, 2.24) is 5.32 Å². The number of benzene rings is 1. The van der Waals surface area contributed by atoms with Crippen LogP contribution in [0.1, 0.15) is 5.56 Å². The lowest BCUT2D eigenvalue weighted by Crippen LogP contribution is -2.12. The van der Waals surface area contributed by atoms with Gasteiger partial charge in [-0.3, -0.25) is 0 Å². The Hall–Kier alpha value is -0.790. The maximum Gasteiger partial charge on any atom is 0.0406 e. The van der Waals surface area contributed by atoms with Crippen LogP contribution in [0.3, 0.4) is 0 Å². The minimum absolute atomic E-state index is 0.780. The van der Waals surface area contributed by atoms with E-state index in [0.29, 0.717) is 0 Å². The van der Waals surface area contributed by atoms with Gasteiger partial charge in [0.25, 0.3) is 0 Å². The highest BCUT2D eigenvalue weighted by Gasteiger charge is 1.90. The second-order valence-electron chi connectivity index (χ2n) is 2.55. The molecule has 0 saturated heterocycles. The second kappa shape index (κ2) is 4.96. The van der Waals surface area contributed by atoms with Crippen LogP contribution in [0.25, 0.3) is 0 Å². The molecule has 0 radical (unpaired) electrons. The van der Waals surface area contributed by atoms with Gasteiger partial charge >= 0.3 is 0 Å². The van der Waals surface area contributed by atoms with Crippen molar-refractivity contribution < 1.29 is 0 Å².